The Bertz CT molecular complexity index is 584. The van der Waals surface area contributed by atoms with Crippen LogP contribution in [0.25, 0.3) is 0 Å². The van der Waals surface area contributed by atoms with Crippen LogP contribution in [0.2, 0.25) is 0 Å². The standard InChI is InChI=1S/C14H13FO3/c1-9-2-5-13(18-9)14(7-17-8-14)11-4-3-10(16)6-12(11)15/h2-6,16H,7-8H2,1H3. The molecular formula is C14H13FO3. The minimum Gasteiger partial charge on any atom is -0.508 e. The maximum Gasteiger partial charge on any atom is 0.131 e. The lowest BCUT2D eigenvalue weighted by Gasteiger charge is -2.40. The number of phenols is 1. The Morgan fingerprint density at radius 1 is 1.22 bits per heavy atom. The Balaban J connectivity index is 2.11. The van der Waals surface area contributed by atoms with Crippen molar-refractivity contribution in [3.63, 3.8) is 0 Å². The molecule has 2 aromatic rings. The highest BCUT2D eigenvalue weighted by Crippen LogP contribution is 2.41. The normalized spacial score (nSPS) is 17.4. The third-order valence-electron chi connectivity index (χ3n) is 3.38. The maximum absolute atomic E-state index is 14.0. The molecule has 0 atom stereocenters. The molecule has 0 unspecified atom stereocenters. The molecule has 0 saturated carbocycles. The van der Waals surface area contributed by atoms with Crippen LogP contribution in [-0.2, 0) is 10.2 Å². The fourth-order valence-electron chi connectivity index (χ4n) is 2.32. The van der Waals surface area contributed by atoms with Crippen molar-refractivity contribution in [1.29, 1.82) is 0 Å². The Morgan fingerprint density at radius 2 is 2.00 bits per heavy atom. The monoisotopic (exact) mass is 248 g/mol. The molecule has 1 N–H and O–H groups in total. The van der Waals surface area contributed by atoms with Gasteiger partial charge < -0.3 is 14.3 Å². The summed E-state index contributed by atoms with van der Waals surface area (Å²) in [4.78, 5) is 0. The van der Waals surface area contributed by atoms with Crippen LogP contribution in [0.1, 0.15) is 17.1 Å². The average molecular weight is 248 g/mol. The zero-order valence-corrected chi connectivity index (χ0v) is 9.94. The number of aryl methyl sites for hydroxylation is 1. The molecule has 4 heteroatoms. The topological polar surface area (TPSA) is 42.6 Å². The minimum atomic E-state index is -0.563. The van der Waals surface area contributed by atoms with Gasteiger partial charge in [-0.1, -0.05) is 6.07 Å². The summed E-state index contributed by atoms with van der Waals surface area (Å²) in [7, 11) is 0. The summed E-state index contributed by atoms with van der Waals surface area (Å²) >= 11 is 0. The first-order chi connectivity index (χ1) is 8.62. The van der Waals surface area contributed by atoms with Crippen LogP contribution in [0.4, 0.5) is 4.39 Å². The summed E-state index contributed by atoms with van der Waals surface area (Å²) in [6, 6.07) is 7.89. The van der Waals surface area contributed by atoms with Crippen LogP contribution in [0.3, 0.4) is 0 Å². The summed E-state index contributed by atoms with van der Waals surface area (Å²) in [5.41, 5.74) is -0.0626. The number of furan rings is 1. The van der Waals surface area contributed by atoms with Crippen molar-refractivity contribution in [3.05, 3.63) is 53.2 Å². The van der Waals surface area contributed by atoms with E-state index in [9.17, 15) is 9.50 Å². The zero-order valence-electron chi connectivity index (χ0n) is 9.94. The third kappa shape index (κ3) is 1.53. The summed E-state index contributed by atoms with van der Waals surface area (Å²) in [6.45, 7) is 2.63. The summed E-state index contributed by atoms with van der Waals surface area (Å²) in [6.07, 6.45) is 0. The van der Waals surface area contributed by atoms with Gasteiger partial charge in [-0.05, 0) is 25.1 Å². The number of hydrogen-bond donors (Lipinski definition) is 1. The molecule has 94 valence electrons. The molecule has 1 fully saturated rings. The number of aromatic hydroxyl groups is 1. The summed E-state index contributed by atoms with van der Waals surface area (Å²) < 4.78 is 24.9. The van der Waals surface area contributed by atoms with E-state index in [-0.39, 0.29) is 5.75 Å². The zero-order chi connectivity index (χ0) is 12.8. The number of phenolic OH excluding ortho intramolecular Hbond substituents is 1. The van der Waals surface area contributed by atoms with E-state index in [0.29, 0.717) is 24.5 Å². The van der Waals surface area contributed by atoms with Gasteiger partial charge in [0.15, 0.2) is 0 Å². The molecule has 0 aliphatic carbocycles. The van der Waals surface area contributed by atoms with Gasteiger partial charge in [0.1, 0.15) is 28.5 Å². The molecule has 1 aromatic carbocycles. The van der Waals surface area contributed by atoms with Crippen molar-refractivity contribution in [2.45, 2.75) is 12.3 Å². The fraction of sp³-hybridized carbons (Fsp3) is 0.286. The van der Waals surface area contributed by atoms with Crippen molar-refractivity contribution in [2.75, 3.05) is 13.2 Å². The average Bonchev–Trinajstić information content (AvgIpc) is 2.67. The first kappa shape index (κ1) is 11.3. The number of hydrogen-bond acceptors (Lipinski definition) is 3. The second-order valence-corrected chi connectivity index (χ2v) is 4.65. The number of rotatable bonds is 2. The molecule has 2 heterocycles. The maximum atomic E-state index is 14.0. The van der Waals surface area contributed by atoms with Gasteiger partial charge in [-0.3, -0.25) is 0 Å². The van der Waals surface area contributed by atoms with Gasteiger partial charge in [0.25, 0.3) is 0 Å². The smallest absolute Gasteiger partial charge is 0.131 e. The molecule has 1 aliphatic heterocycles. The molecule has 0 spiro atoms. The first-order valence-electron chi connectivity index (χ1n) is 5.75. The van der Waals surface area contributed by atoms with Crippen LogP contribution in [0.5, 0.6) is 5.75 Å². The molecule has 3 rings (SSSR count). The fourth-order valence-corrected chi connectivity index (χ4v) is 2.32. The van der Waals surface area contributed by atoms with Crippen molar-refractivity contribution >= 4 is 0 Å². The van der Waals surface area contributed by atoms with E-state index < -0.39 is 11.2 Å². The van der Waals surface area contributed by atoms with E-state index >= 15 is 0 Å². The lowest BCUT2D eigenvalue weighted by molar-refractivity contribution is -0.0494. The van der Waals surface area contributed by atoms with E-state index in [1.807, 2.05) is 19.1 Å². The van der Waals surface area contributed by atoms with E-state index in [2.05, 4.69) is 0 Å². The van der Waals surface area contributed by atoms with Crippen LogP contribution in [0.15, 0.2) is 34.7 Å². The highest BCUT2D eigenvalue weighted by Gasteiger charge is 2.46. The minimum absolute atomic E-state index is 0.0812. The molecular weight excluding hydrogens is 235 g/mol. The Labute approximate surface area is 104 Å². The second-order valence-electron chi connectivity index (χ2n) is 4.65. The molecule has 1 aromatic heterocycles. The van der Waals surface area contributed by atoms with Crippen molar-refractivity contribution < 1.29 is 18.7 Å². The molecule has 0 bridgehead atoms. The molecule has 18 heavy (non-hydrogen) atoms. The van der Waals surface area contributed by atoms with Gasteiger partial charge in [-0.25, -0.2) is 4.39 Å². The van der Waals surface area contributed by atoms with Gasteiger partial charge in [-0.2, -0.15) is 0 Å². The molecule has 1 saturated heterocycles. The van der Waals surface area contributed by atoms with E-state index in [1.54, 1.807) is 6.07 Å². The van der Waals surface area contributed by atoms with Crippen molar-refractivity contribution in [1.82, 2.24) is 0 Å². The molecule has 1 aliphatic rings. The largest absolute Gasteiger partial charge is 0.508 e. The lowest BCUT2D eigenvalue weighted by Crippen LogP contribution is -2.48. The molecule has 3 nitrogen and oxygen atoms in total. The van der Waals surface area contributed by atoms with Crippen LogP contribution in [-0.4, -0.2) is 18.3 Å². The Morgan fingerprint density at radius 3 is 2.50 bits per heavy atom. The third-order valence-corrected chi connectivity index (χ3v) is 3.38. The van der Waals surface area contributed by atoms with Crippen molar-refractivity contribution in [2.24, 2.45) is 0 Å². The molecule has 0 radical (unpaired) electrons. The number of ether oxygens (including phenoxy) is 1. The summed E-state index contributed by atoms with van der Waals surface area (Å²) in [5.74, 6) is 0.973. The van der Waals surface area contributed by atoms with Gasteiger partial charge in [0.2, 0.25) is 0 Å². The predicted octanol–water partition coefficient (Wildman–Crippen LogP) is 2.75. The quantitative estimate of drug-likeness (QED) is 0.888. The first-order valence-corrected chi connectivity index (χ1v) is 5.75. The Hall–Kier alpha value is -1.81. The van der Waals surface area contributed by atoms with E-state index in [0.717, 1.165) is 11.8 Å². The second kappa shape index (κ2) is 3.85. The Kier molecular flexibility index (Phi) is 2.41. The highest BCUT2D eigenvalue weighted by molar-refractivity contribution is 5.41. The molecule has 0 amide bonds. The van der Waals surface area contributed by atoms with E-state index in [1.165, 1.54) is 6.07 Å². The van der Waals surface area contributed by atoms with Crippen LogP contribution in [0, 0.1) is 12.7 Å². The highest BCUT2D eigenvalue weighted by atomic mass is 19.1. The van der Waals surface area contributed by atoms with E-state index in [4.69, 9.17) is 9.15 Å². The van der Waals surface area contributed by atoms with Gasteiger partial charge in [-0.15, -0.1) is 0 Å². The van der Waals surface area contributed by atoms with Crippen LogP contribution >= 0.6 is 0 Å². The summed E-state index contributed by atoms with van der Waals surface area (Å²) in [5, 5.41) is 9.27. The van der Waals surface area contributed by atoms with Crippen molar-refractivity contribution in [3.8, 4) is 5.75 Å². The van der Waals surface area contributed by atoms with Gasteiger partial charge in [0.05, 0.1) is 13.2 Å². The SMILES string of the molecule is Cc1ccc(C2(c3ccc(O)cc3F)COC2)o1. The predicted molar refractivity (Wildman–Crippen MR) is 63.1 cm³/mol. The van der Waals surface area contributed by atoms with Gasteiger partial charge >= 0.3 is 0 Å². The van der Waals surface area contributed by atoms with Crippen LogP contribution < -0.4 is 0 Å². The number of halogens is 1. The lowest BCUT2D eigenvalue weighted by atomic mass is 9.76. The number of benzene rings is 1. The van der Waals surface area contributed by atoms with Gasteiger partial charge in [0, 0.05) is 11.6 Å².